The lowest BCUT2D eigenvalue weighted by Crippen LogP contribution is -2.21. The van der Waals surface area contributed by atoms with Gasteiger partial charge in [0.05, 0.1) is 33.2 Å². The second-order valence-corrected chi connectivity index (χ2v) is 4.45. The number of ether oxygens (including phenoxy) is 3. The normalized spacial score (nSPS) is 9.17. The van der Waals surface area contributed by atoms with Crippen LogP contribution in [-0.2, 0) is 33.4 Å². The molecule has 23 heavy (non-hydrogen) atoms. The molecule has 0 rings (SSSR count). The van der Waals surface area contributed by atoms with Gasteiger partial charge in [0.1, 0.15) is 0 Å². The van der Waals surface area contributed by atoms with Crippen molar-refractivity contribution in [2.24, 2.45) is 0 Å². The van der Waals surface area contributed by atoms with Gasteiger partial charge in [0.25, 0.3) is 0 Å². The van der Waals surface area contributed by atoms with E-state index in [0.29, 0.717) is 0 Å². The largest absolute Gasteiger partial charge is 0.481 e. The molecule has 0 amide bonds. The summed E-state index contributed by atoms with van der Waals surface area (Å²) in [5.41, 5.74) is 0. The molecule has 0 aromatic carbocycles. The molecule has 0 aromatic heterocycles. The monoisotopic (exact) mass is 334 g/mol. The fraction of sp³-hybridized carbons (Fsp3) is 0.733. The number of hydrogen-bond acceptors (Lipinski definition) is 7. The minimum absolute atomic E-state index is 0.0498. The number of esters is 3. The summed E-state index contributed by atoms with van der Waals surface area (Å²) >= 11 is 0. The Labute approximate surface area is 136 Å². The topological polar surface area (TPSA) is 116 Å². The van der Waals surface area contributed by atoms with Gasteiger partial charge in [-0.05, 0) is 12.8 Å². The van der Waals surface area contributed by atoms with Gasteiger partial charge in [-0.3, -0.25) is 9.59 Å². The average Bonchev–Trinajstić information content (AvgIpc) is 2.53. The van der Waals surface area contributed by atoms with Crippen molar-refractivity contribution in [3.63, 3.8) is 0 Å². The number of carbonyl (C=O) groups excluding carboxylic acids is 3. The van der Waals surface area contributed by atoms with E-state index < -0.39 is 23.9 Å². The molecule has 0 aromatic rings. The number of hydrogen-bond donors (Lipinski definition) is 1. The van der Waals surface area contributed by atoms with Crippen molar-refractivity contribution in [3.8, 4) is 0 Å². The van der Waals surface area contributed by atoms with Crippen LogP contribution >= 0.6 is 0 Å². The average molecular weight is 334 g/mol. The maximum Gasteiger partial charge on any atom is 0.417 e. The Morgan fingerprint density at radius 2 is 1.26 bits per heavy atom. The highest BCUT2D eigenvalue weighted by molar-refractivity contribution is 6.29. The highest BCUT2D eigenvalue weighted by Crippen LogP contribution is 1.93. The Morgan fingerprint density at radius 1 is 0.826 bits per heavy atom. The fourth-order valence-electron chi connectivity index (χ4n) is 1.05. The zero-order valence-electron chi connectivity index (χ0n) is 14.0. The van der Waals surface area contributed by atoms with Gasteiger partial charge in [0.2, 0.25) is 0 Å². The maximum atomic E-state index is 10.9. The zero-order valence-corrected chi connectivity index (χ0v) is 14.0. The van der Waals surface area contributed by atoms with E-state index in [-0.39, 0.29) is 26.1 Å². The molecular formula is C15H26O8. The second kappa shape index (κ2) is 16.3. The van der Waals surface area contributed by atoms with Crippen molar-refractivity contribution in [3.05, 3.63) is 0 Å². The van der Waals surface area contributed by atoms with Gasteiger partial charge in [-0.2, -0.15) is 0 Å². The van der Waals surface area contributed by atoms with Crippen LogP contribution in [0.4, 0.5) is 0 Å². The standard InChI is InChI=1S/C10H18O4.C5H8O4/c1-3-5-7-13-9(11)10(12)14-8-6-4-2;1-9-5(8)3-2-4(6)7/h3-8H2,1-2H3;2-3H2,1H3,(H,6,7). The van der Waals surface area contributed by atoms with E-state index in [0.717, 1.165) is 25.7 Å². The Balaban J connectivity index is 0. The van der Waals surface area contributed by atoms with E-state index in [1.807, 2.05) is 13.8 Å². The summed E-state index contributed by atoms with van der Waals surface area (Å²) in [5.74, 6) is -3.23. The van der Waals surface area contributed by atoms with Crippen LogP contribution in [0.3, 0.4) is 0 Å². The van der Waals surface area contributed by atoms with E-state index in [1.54, 1.807) is 0 Å². The molecule has 0 unspecified atom stereocenters. The van der Waals surface area contributed by atoms with Gasteiger partial charge >= 0.3 is 23.9 Å². The molecule has 0 aliphatic rings. The van der Waals surface area contributed by atoms with Gasteiger partial charge in [0.15, 0.2) is 0 Å². The highest BCUT2D eigenvalue weighted by atomic mass is 16.6. The van der Waals surface area contributed by atoms with Gasteiger partial charge in [0, 0.05) is 0 Å². The predicted octanol–water partition coefficient (Wildman–Crippen LogP) is 1.70. The third-order valence-corrected chi connectivity index (χ3v) is 2.40. The van der Waals surface area contributed by atoms with E-state index in [4.69, 9.17) is 5.11 Å². The lowest BCUT2D eigenvalue weighted by Gasteiger charge is -2.03. The van der Waals surface area contributed by atoms with E-state index >= 15 is 0 Å². The van der Waals surface area contributed by atoms with Crippen molar-refractivity contribution in [2.45, 2.75) is 52.4 Å². The molecule has 0 saturated carbocycles. The summed E-state index contributed by atoms with van der Waals surface area (Å²) in [6.45, 7) is 4.54. The van der Waals surface area contributed by atoms with Crippen molar-refractivity contribution < 1.29 is 38.5 Å². The maximum absolute atomic E-state index is 10.9. The molecule has 0 saturated heterocycles. The van der Waals surface area contributed by atoms with E-state index in [2.05, 4.69) is 14.2 Å². The molecule has 1 N–H and O–H groups in total. The van der Waals surface area contributed by atoms with Crippen molar-refractivity contribution >= 4 is 23.9 Å². The minimum Gasteiger partial charge on any atom is -0.481 e. The van der Waals surface area contributed by atoms with Crippen LogP contribution in [0, 0.1) is 0 Å². The van der Waals surface area contributed by atoms with Crippen LogP contribution in [-0.4, -0.2) is 49.3 Å². The van der Waals surface area contributed by atoms with Crippen LogP contribution in [0.1, 0.15) is 52.4 Å². The van der Waals surface area contributed by atoms with Gasteiger partial charge in [-0.25, -0.2) is 9.59 Å². The van der Waals surface area contributed by atoms with Gasteiger partial charge < -0.3 is 19.3 Å². The third-order valence-electron chi connectivity index (χ3n) is 2.40. The van der Waals surface area contributed by atoms with Crippen molar-refractivity contribution in [1.29, 1.82) is 0 Å². The Morgan fingerprint density at radius 3 is 1.57 bits per heavy atom. The first-order chi connectivity index (χ1) is 10.9. The van der Waals surface area contributed by atoms with E-state index in [9.17, 15) is 19.2 Å². The van der Waals surface area contributed by atoms with Crippen LogP contribution in [0.15, 0.2) is 0 Å². The molecule has 0 radical (unpaired) electrons. The third kappa shape index (κ3) is 17.8. The minimum atomic E-state index is -0.986. The lowest BCUT2D eigenvalue weighted by molar-refractivity contribution is -0.167. The summed E-state index contributed by atoms with van der Waals surface area (Å²) in [6, 6.07) is 0. The second-order valence-electron chi connectivity index (χ2n) is 4.45. The predicted molar refractivity (Wildman–Crippen MR) is 80.6 cm³/mol. The van der Waals surface area contributed by atoms with Gasteiger partial charge in [-0.15, -0.1) is 0 Å². The van der Waals surface area contributed by atoms with Crippen LogP contribution in [0.5, 0.6) is 0 Å². The molecule has 0 bridgehead atoms. The zero-order chi connectivity index (χ0) is 18.1. The molecule has 134 valence electrons. The number of methoxy groups -OCH3 is 1. The van der Waals surface area contributed by atoms with Crippen LogP contribution in [0.2, 0.25) is 0 Å². The molecule has 0 fully saturated rings. The summed E-state index contributed by atoms with van der Waals surface area (Å²) in [7, 11) is 1.23. The summed E-state index contributed by atoms with van der Waals surface area (Å²) in [6.07, 6.45) is 3.19. The number of carboxylic acid groups (broad SMARTS) is 1. The molecule has 0 heterocycles. The Bertz CT molecular complexity index is 344. The molecule has 0 aliphatic heterocycles. The summed E-state index contributed by atoms with van der Waals surface area (Å²) in [4.78, 5) is 41.9. The smallest absolute Gasteiger partial charge is 0.417 e. The SMILES string of the molecule is CCCCOC(=O)C(=O)OCCCC.COC(=O)CCC(=O)O. The molecular weight excluding hydrogens is 308 g/mol. The number of unbranched alkanes of at least 4 members (excludes halogenated alkanes) is 2. The molecule has 0 atom stereocenters. The number of carbonyl (C=O) groups is 4. The van der Waals surface area contributed by atoms with Crippen molar-refractivity contribution in [2.75, 3.05) is 20.3 Å². The number of rotatable bonds is 9. The van der Waals surface area contributed by atoms with Crippen molar-refractivity contribution in [1.82, 2.24) is 0 Å². The molecule has 8 heteroatoms. The molecule has 0 spiro atoms. The first-order valence-corrected chi connectivity index (χ1v) is 7.51. The van der Waals surface area contributed by atoms with Gasteiger partial charge in [-0.1, -0.05) is 26.7 Å². The lowest BCUT2D eigenvalue weighted by atomic mass is 10.3. The first-order valence-electron chi connectivity index (χ1n) is 7.51. The Kier molecular flexibility index (Phi) is 16.4. The first kappa shape index (κ1) is 23.2. The summed E-state index contributed by atoms with van der Waals surface area (Å²) in [5, 5.41) is 8.05. The molecule has 8 nitrogen and oxygen atoms in total. The fourth-order valence-corrected chi connectivity index (χ4v) is 1.05. The number of carboxylic acids is 1. The highest BCUT2D eigenvalue weighted by Gasteiger charge is 2.16. The van der Waals surface area contributed by atoms with Crippen LogP contribution in [0.25, 0.3) is 0 Å². The number of aliphatic carboxylic acids is 1. The Hall–Kier alpha value is -2.12. The molecule has 0 aliphatic carbocycles. The quantitative estimate of drug-likeness (QED) is 0.293. The van der Waals surface area contributed by atoms with Crippen LogP contribution < -0.4 is 0 Å². The van der Waals surface area contributed by atoms with E-state index in [1.165, 1.54) is 7.11 Å². The summed E-state index contributed by atoms with van der Waals surface area (Å²) < 4.78 is 13.5.